The van der Waals surface area contributed by atoms with Gasteiger partial charge in [-0.2, -0.15) is 0 Å². The smallest absolute Gasteiger partial charge is 0.236 e. The van der Waals surface area contributed by atoms with Crippen molar-refractivity contribution in [2.75, 3.05) is 19.6 Å². The quantitative estimate of drug-likeness (QED) is 0.738. The van der Waals surface area contributed by atoms with Crippen LogP contribution in [0.4, 0.5) is 0 Å². The van der Waals surface area contributed by atoms with Crippen molar-refractivity contribution >= 4 is 17.5 Å². The van der Waals surface area contributed by atoms with Gasteiger partial charge < -0.3 is 4.90 Å². The highest BCUT2D eigenvalue weighted by Gasteiger charge is 2.57. The molecule has 2 aliphatic heterocycles. The Labute approximate surface area is 108 Å². The van der Waals surface area contributed by atoms with Crippen molar-refractivity contribution in [3.63, 3.8) is 0 Å². The van der Waals surface area contributed by atoms with Crippen molar-refractivity contribution in [2.24, 2.45) is 16.8 Å². The summed E-state index contributed by atoms with van der Waals surface area (Å²) in [5, 5.41) is 2.44. The maximum atomic E-state index is 12.0. The SMILES string of the molecule is CCN(CC)CC1(C)N=C(C)C2C(=O)NC(=O)C21. The number of amides is 2. The van der Waals surface area contributed by atoms with Gasteiger partial charge in [-0.05, 0) is 26.9 Å². The molecule has 2 amide bonds. The highest BCUT2D eigenvalue weighted by atomic mass is 16.2. The third-order valence-electron chi connectivity index (χ3n) is 4.13. The summed E-state index contributed by atoms with van der Waals surface area (Å²) in [5.41, 5.74) is 0.315. The zero-order valence-electron chi connectivity index (χ0n) is 11.5. The molecule has 0 spiro atoms. The second-order valence-electron chi connectivity index (χ2n) is 5.38. The molecule has 3 atom stereocenters. The summed E-state index contributed by atoms with van der Waals surface area (Å²) in [6.07, 6.45) is 0. The van der Waals surface area contributed by atoms with E-state index in [0.29, 0.717) is 0 Å². The fraction of sp³-hybridized carbons (Fsp3) is 0.769. The summed E-state index contributed by atoms with van der Waals surface area (Å²) >= 11 is 0. The largest absolute Gasteiger partial charge is 0.301 e. The van der Waals surface area contributed by atoms with Crippen molar-refractivity contribution in [1.82, 2.24) is 10.2 Å². The van der Waals surface area contributed by atoms with E-state index in [1.165, 1.54) is 0 Å². The molecule has 5 heteroatoms. The van der Waals surface area contributed by atoms with E-state index in [1.807, 2.05) is 13.8 Å². The normalized spacial score (nSPS) is 34.8. The highest BCUT2D eigenvalue weighted by Crippen LogP contribution is 2.40. The summed E-state index contributed by atoms with van der Waals surface area (Å²) in [7, 11) is 0. The predicted molar refractivity (Wildman–Crippen MR) is 69.4 cm³/mol. The lowest BCUT2D eigenvalue weighted by Gasteiger charge is -2.32. The first-order valence-corrected chi connectivity index (χ1v) is 6.56. The average molecular weight is 251 g/mol. The second-order valence-corrected chi connectivity index (χ2v) is 5.38. The Morgan fingerprint density at radius 1 is 1.28 bits per heavy atom. The van der Waals surface area contributed by atoms with Gasteiger partial charge in [-0.15, -0.1) is 0 Å². The van der Waals surface area contributed by atoms with Crippen molar-refractivity contribution < 1.29 is 9.59 Å². The lowest BCUT2D eigenvalue weighted by Crippen LogP contribution is -2.46. The molecule has 5 nitrogen and oxygen atoms in total. The molecular formula is C13H21N3O2. The Morgan fingerprint density at radius 3 is 2.44 bits per heavy atom. The summed E-state index contributed by atoms with van der Waals surface area (Å²) in [6, 6.07) is 0. The van der Waals surface area contributed by atoms with Gasteiger partial charge in [-0.3, -0.25) is 19.9 Å². The van der Waals surface area contributed by atoms with Crippen molar-refractivity contribution in [3.05, 3.63) is 0 Å². The van der Waals surface area contributed by atoms with Crippen LogP contribution < -0.4 is 5.32 Å². The van der Waals surface area contributed by atoms with E-state index in [2.05, 4.69) is 29.1 Å². The molecule has 0 radical (unpaired) electrons. The fourth-order valence-corrected chi connectivity index (χ4v) is 3.23. The van der Waals surface area contributed by atoms with Gasteiger partial charge in [0.15, 0.2) is 0 Å². The van der Waals surface area contributed by atoms with Gasteiger partial charge in [0.2, 0.25) is 11.8 Å². The lowest BCUT2D eigenvalue weighted by molar-refractivity contribution is -0.126. The van der Waals surface area contributed by atoms with E-state index >= 15 is 0 Å². The number of rotatable bonds is 4. The number of nitrogens with one attached hydrogen (secondary N) is 1. The number of carbonyl (C=O) groups is 2. The maximum absolute atomic E-state index is 12.0. The Balaban J connectivity index is 2.28. The molecule has 1 saturated heterocycles. The minimum absolute atomic E-state index is 0.166. The molecule has 2 aliphatic rings. The van der Waals surface area contributed by atoms with Crippen LogP contribution in [-0.2, 0) is 9.59 Å². The second kappa shape index (κ2) is 4.46. The van der Waals surface area contributed by atoms with Crippen LogP contribution in [-0.4, -0.2) is 47.6 Å². The summed E-state index contributed by atoms with van der Waals surface area (Å²) in [4.78, 5) is 30.6. The molecule has 100 valence electrons. The summed E-state index contributed by atoms with van der Waals surface area (Å²) in [6.45, 7) is 10.6. The van der Waals surface area contributed by atoms with Gasteiger partial charge in [0.05, 0.1) is 17.4 Å². The number of nitrogens with zero attached hydrogens (tertiary/aromatic N) is 2. The van der Waals surface area contributed by atoms with Crippen molar-refractivity contribution in [3.8, 4) is 0 Å². The van der Waals surface area contributed by atoms with E-state index < -0.39 is 5.54 Å². The monoisotopic (exact) mass is 251 g/mol. The third kappa shape index (κ3) is 1.86. The standard InChI is InChI=1S/C13H21N3O2/c1-5-16(6-2)7-13(4)10-9(8(3)15-13)11(17)14-12(10)18/h9-10H,5-7H2,1-4H3,(H,14,17,18). The number of hydrogen-bond donors (Lipinski definition) is 1. The van der Waals surface area contributed by atoms with E-state index in [9.17, 15) is 9.59 Å². The van der Waals surface area contributed by atoms with Crippen molar-refractivity contribution in [1.29, 1.82) is 0 Å². The van der Waals surface area contributed by atoms with Crippen LogP contribution in [0.2, 0.25) is 0 Å². The molecule has 0 aromatic heterocycles. The first-order chi connectivity index (χ1) is 8.42. The summed E-state index contributed by atoms with van der Waals surface area (Å²) in [5.74, 6) is -1.03. The van der Waals surface area contributed by atoms with Crippen LogP contribution in [0.25, 0.3) is 0 Å². The molecular weight excluding hydrogens is 230 g/mol. The molecule has 0 bridgehead atoms. The topological polar surface area (TPSA) is 61.8 Å². The van der Waals surface area contributed by atoms with Gasteiger partial charge in [-0.25, -0.2) is 0 Å². The Hall–Kier alpha value is -1.23. The van der Waals surface area contributed by atoms with Gasteiger partial charge in [0.25, 0.3) is 0 Å². The number of imide groups is 1. The fourth-order valence-electron chi connectivity index (χ4n) is 3.23. The molecule has 0 aliphatic carbocycles. The minimum Gasteiger partial charge on any atom is -0.301 e. The zero-order valence-corrected chi connectivity index (χ0v) is 11.5. The van der Waals surface area contributed by atoms with Crippen molar-refractivity contribution in [2.45, 2.75) is 33.2 Å². The molecule has 3 unspecified atom stereocenters. The van der Waals surface area contributed by atoms with E-state index in [0.717, 1.165) is 25.3 Å². The number of fused-ring (bicyclic) bond motifs is 1. The van der Waals surface area contributed by atoms with E-state index in [1.54, 1.807) is 0 Å². The van der Waals surface area contributed by atoms with Crippen LogP contribution in [0.3, 0.4) is 0 Å². The molecule has 0 saturated carbocycles. The highest BCUT2D eigenvalue weighted by molar-refractivity contribution is 6.18. The van der Waals surface area contributed by atoms with E-state index in [4.69, 9.17) is 0 Å². The van der Waals surface area contributed by atoms with Crippen LogP contribution in [0.1, 0.15) is 27.7 Å². The van der Waals surface area contributed by atoms with Crippen LogP contribution >= 0.6 is 0 Å². The van der Waals surface area contributed by atoms with E-state index in [-0.39, 0.29) is 23.7 Å². The molecule has 2 heterocycles. The first-order valence-electron chi connectivity index (χ1n) is 6.56. The number of aliphatic imine (C=N–C) groups is 1. The predicted octanol–water partition coefficient (Wildman–Crippen LogP) is 0.450. The lowest BCUT2D eigenvalue weighted by atomic mass is 9.80. The molecule has 0 aromatic carbocycles. The molecule has 1 fully saturated rings. The minimum atomic E-state index is -0.475. The molecule has 2 rings (SSSR count). The third-order valence-corrected chi connectivity index (χ3v) is 4.13. The number of hydrogen-bond acceptors (Lipinski definition) is 4. The molecule has 0 aromatic rings. The van der Waals surface area contributed by atoms with Gasteiger partial charge in [0, 0.05) is 12.3 Å². The van der Waals surface area contributed by atoms with Crippen LogP contribution in [0.15, 0.2) is 4.99 Å². The Kier molecular flexibility index (Phi) is 3.27. The van der Waals surface area contributed by atoms with Crippen LogP contribution in [0.5, 0.6) is 0 Å². The number of carbonyl (C=O) groups excluding carboxylic acids is 2. The van der Waals surface area contributed by atoms with Crippen LogP contribution in [0, 0.1) is 11.8 Å². The number of likely N-dealkylation sites (N-methyl/N-ethyl adjacent to an activating group) is 1. The zero-order chi connectivity index (χ0) is 13.5. The van der Waals surface area contributed by atoms with Gasteiger partial charge >= 0.3 is 0 Å². The first kappa shape index (κ1) is 13.2. The molecule has 1 N–H and O–H groups in total. The summed E-state index contributed by atoms with van der Waals surface area (Å²) < 4.78 is 0. The van der Waals surface area contributed by atoms with Gasteiger partial charge in [-0.1, -0.05) is 13.8 Å². The Bertz CT molecular complexity index is 414. The molecule has 18 heavy (non-hydrogen) atoms. The average Bonchev–Trinajstić information content (AvgIpc) is 2.75. The van der Waals surface area contributed by atoms with Gasteiger partial charge in [0.1, 0.15) is 0 Å². The Morgan fingerprint density at radius 2 is 1.89 bits per heavy atom. The maximum Gasteiger partial charge on any atom is 0.236 e.